The quantitative estimate of drug-likeness (QED) is 0.387. The fourth-order valence-electron chi connectivity index (χ4n) is 2.74. The number of alkyl halides is 1. The molecule has 25 heavy (non-hydrogen) atoms. The van der Waals surface area contributed by atoms with E-state index in [9.17, 15) is 5.11 Å². The van der Waals surface area contributed by atoms with Crippen LogP contribution in [0.1, 0.15) is 71.6 Å². The van der Waals surface area contributed by atoms with Gasteiger partial charge in [0.05, 0.1) is 7.05 Å². The van der Waals surface area contributed by atoms with Gasteiger partial charge in [-0.15, -0.1) is 11.6 Å². The number of hydrogen-bond donors (Lipinski definition) is 2. The van der Waals surface area contributed by atoms with Crippen LogP contribution in [0.25, 0.3) is 11.0 Å². The minimum atomic E-state index is 0. The van der Waals surface area contributed by atoms with E-state index in [1.807, 2.05) is 31.3 Å². The molecule has 0 fully saturated rings. The van der Waals surface area contributed by atoms with Crippen LogP contribution < -0.4 is 17.0 Å². The molecule has 0 saturated heterocycles. The van der Waals surface area contributed by atoms with Gasteiger partial charge in [-0.25, -0.2) is 4.98 Å². The molecule has 144 valence electrons. The Morgan fingerprint density at radius 2 is 1.56 bits per heavy atom. The Morgan fingerprint density at radius 1 is 1.00 bits per heavy atom. The van der Waals surface area contributed by atoms with E-state index in [4.69, 9.17) is 11.6 Å². The number of aromatic nitrogens is 2. The van der Waals surface area contributed by atoms with E-state index in [1.165, 1.54) is 57.8 Å². The molecule has 0 aliphatic heterocycles. The van der Waals surface area contributed by atoms with E-state index in [-0.39, 0.29) is 18.4 Å². The second-order valence-electron chi connectivity index (χ2n) is 6.47. The van der Waals surface area contributed by atoms with Crippen LogP contribution in [0.4, 0.5) is 0 Å². The molecule has 1 unspecified atom stereocenters. The summed E-state index contributed by atoms with van der Waals surface area (Å²) in [7, 11) is 1.81. The smallest absolute Gasteiger partial charge is 0.452 e. The standard InChI is InChI=1S/C12H25Cl.C8H8N2O.ClH/c1-3-5-7-9-11-12(13)10-8-6-4-2;1-10-7-5-3-2-4-6(7)9-8(10)11;/h12H,3-11H2,1-2H3;2-5H,1H3,(H,9,11);1H. The Morgan fingerprint density at radius 3 is 2.16 bits per heavy atom. The van der Waals surface area contributed by atoms with Crippen molar-refractivity contribution < 1.29 is 22.1 Å². The number of rotatable bonds is 9. The molecule has 1 aromatic carbocycles. The first kappa shape index (κ1) is 24.1. The molecule has 0 radical (unpaired) electrons. The second-order valence-corrected chi connectivity index (χ2v) is 7.08. The maximum atomic E-state index is 9.25. The maximum Gasteiger partial charge on any atom is 0.452 e. The van der Waals surface area contributed by atoms with Gasteiger partial charge in [-0.3, -0.25) is 0 Å². The number of H-pyrrole nitrogens is 1. The Labute approximate surface area is 164 Å². The van der Waals surface area contributed by atoms with Crippen LogP contribution in [0.5, 0.6) is 6.01 Å². The van der Waals surface area contributed by atoms with E-state index in [0.717, 1.165) is 11.0 Å². The Balaban J connectivity index is 0.000000446. The number of aryl methyl sites for hydroxylation is 1. The Bertz CT molecular complexity index is 572. The molecule has 1 aromatic heterocycles. The molecule has 1 atom stereocenters. The average molecular weight is 389 g/mol. The van der Waals surface area contributed by atoms with Gasteiger partial charge in [0.25, 0.3) is 0 Å². The summed E-state index contributed by atoms with van der Waals surface area (Å²) in [6.07, 6.45) is 11.8. The van der Waals surface area contributed by atoms with E-state index >= 15 is 0 Å². The maximum absolute atomic E-state index is 9.25. The molecule has 2 aromatic rings. The highest BCUT2D eigenvalue weighted by atomic mass is 35.5. The summed E-state index contributed by atoms with van der Waals surface area (Å²) in [6, 6.07) is 7.93. The summed E-state index contributed by atoms with van der Waals surface area (Å²) in [5, 5.41) is 9.70. The number of halogens is 2. The number of benzene rings is 1. The molecule has 1 heterocycles. The topological polar surface area (TPSA) is 39.9 Å². The Hall–Kier alpha value is -0.930. The minimum Gasteiger partial charge on any atom is -1.00 e. The monoisotopic (exact) mass is 388 g/mol. The largest absolute Gasteiger partial charge is 1.00 e. The number of nitrogens with zero attached hydrogens (tertiary/aromatic N) is 1. The lowest BCUT2D eigenvalue weighted by Gasteiger charge is -2.07. The van der Waals surface area contributed by atoms with Gasteiger partial charge in [-0.1, -0.05) is 70.9 Å². The number of hydrogen-bond acceptors (Lipinski definition) is 1. The van der Waals surface area contributed by atoms with Crippen LogP contribution in [0.3, 0.4) is 0 Å². The highest BCUT2D eigenvalue weighted by Crippen LogP contribution is 2.16. The third-order valence-corrected chi connectivity index (χ3v) is 4.76. The van der Waals surface area contributed by atoms with Gasteiger partial charge in [0.15, 0.2) is 11.0 Å². The average Bonchev–Trinajstić information content (AvgIpc) is 2.87. The van der Waals surface area contributed by atoms with Crippen molar-refractivity contribution in [3.8, 4) is 6.01 Å². The van der Waals surface area contributed by atoms with Gasteiger partial charge in [-0.2, -0.15) is 4.57 Å². The first-order valence-corrected chi connectivity index (χ1v) is 9.83. The number of unbranched alkanes of at least 4 members (excludes halogenated alkanes) is 5. The number of nitrogens with one attached hydrogen (secondary N) is 1. The predicted molar refractivity (Wildman–Crippen MR) is 104 cm³/mol. The zero-order valence-electron chi connectivity index (χ0n) is 15.9. The lowest BCUT2D eigenvalue weighted by Crippen LogP contribution is -3.00. The molecule has 0 bridgehead atoms. The third-order valence-electron chi connectivity index (χ3n) is 4.32. The van der Waals surface area contributed by atoms with Crippen LogP contribution in [-0.4, -0.2) is 15.5 Å². The van der Waals surface area contributed by atoms with Gasteiger partial charge < -0.3 is 17.5 Å². The number of aromatic hydroxyl groups is 1. The van der Waals surface area contributed by atoms with Crippen molar-refractivity contribution in [1.29, 1.82) is 0 Å². The molecule has 5 heteroatoms. The van der Waals surface area contributed by atoms with Gasteiger partial charge in [0, 0.05) is 5.38 Å². The normalized spacial score (nSPS) is 11.5. The lowest BCUT2D eigenvalue weighted by atomic mass is 10.1. The summed E-state index contributed by atoms with van der Waals surface area (Å²) in [5.41, 5.74) is 1.96. The van der Waals surface area contributed by atoms with Crippen molar-refractivity contribution >= 4 is 22.6 Å². The van der Waals surface area contributed by atoms with E-state index in [1.54, 1.807) is 4.57 Å². The number of fused-ring (bicyclic) bond motifs is 1. The first-order chi connectivity index (χ1) is 11.6. The highest BCUT2D eigenvalue weighted by Gasteiger charge is 2.11. The molecule has 0 aliphatic rings. The van der Waals surface area contributed by atoms with Crippen LogP contribution >= 0.6 is 11.6 Å². The number of imidazole rings is 1. The van der Waals surface area contributed by atoms with E-state index in [0.29, 0.717) is 5.38 Å². The van der Waals surface area contributed by atoms with Crippen molar-refractivity contribution in [3.05, 3.63) is 24.3 Å². The molecular weight excluding hydrogens is 355 g/mol. The SMILES string of the molecule is CCCCCCC(Cl)CCCCC.C[n+]1c(O)[nH]c2ccccc21.[Cl-]. The van der Waals surface area contributed by atoms with Crippen molar-refractivity contribution in [2.75, 3.05) is 0 Å². The van der Waals surface area contributed by atoms with Crippen molar-refractivity contribution in [2.24, 2.45) is 7.05 Å². The lowest BCUT2D eigenvalue weighted by molar-refractivity contribution is -0.651. The van der Waals surface area contributed by atoms with Crippen LogP contribution in [0.15, 0.2) is 24.3 Å². The second kappa shape index (κ2) is 14.3. The van der Waals surface area contributed by atoms with Gasteiger partial charge >= 0.3 is 6.01 Å². The highest BCUT2D eigenvalue weighted by molar-refractivity contribution is 6.20. The molecule has 2 N–H and O–H groups in total. The molecular formula is C20H34Cl2N2O. The molecule has 2 rings (SSSR count). The Kier molecular flexibility index (Phi) is 13.7. The summed E-state index contributed by atoms with van der Waals surface area (Å²) >= 11 is 6.20. The fraction of sp³-hybridized carbons (Fsp3) is 0.650. The predicted octanol–water partition coefficient (Wildman–Crippen LogP) is 2.85. The van der Waals surface area contributed by atoms with Crippen molar-refractivity contribution in [1.82, 2.24) is 4.98 Å². The molecule has 0 saturated carbocycles. The molecule has 0 aliphatic carbocycles. The van der Waals surface area contributed by atoms with Crippen molar-refractivity contribution in [2.45, 2.75) is 77.0 Å². The molecule has 0 spiro atoms. The van der Waals surface area contributed by atoms with Crippen LogP contribution in [-0.2, 0) is 7.05 Å². The van der Waals surface area contributed by atoms with Gasteiger partial charge in [0.1, 0.15) is 0 Å². The third kappa shape index (κ3) is 9.37. The molecule has 0 amide bonds. The van der Waals surface area contributed by atoms with Gasteiger partial charge in [-0.05, 0) is 25.0 Å². The van der Waals surface area contributed by atoms with E-state index in [2.05, 4.69) is 18.8 Å². The summed E-state index contributed by atoms with van der Waals surface area (Å²) in [5.74, 6) is 0. The fourth-order valence-corrected chi connectivity index (χ4v) is 3.05. The zero-order chi connectivity index (χ0) is 17.8. The van der Waals surface area contributed by atoms with Crippen molar-refractivity contribution in [3.63, 3.8) is 0 Å². The number of aromatic amines is 1. The zero-order valence-corrected chi connectivity index (χ0v) is 17.4. The summed E-state index contributed by atoms with van der Waals surface area (Å²) in [4.78, 5) is 2.85. The van der Waals surface area contributed by atoms with Crippen LogP contribution in [0.2, 0.25) is 0 Å². The summed E-state index contributed by atoms with van der Waals surface area (Å²) in [6.45, 7) is 4.49. The van der Waals surface area contributed by atoms with Gasteiger partial charge in [0.2, 0.25) is 0 Å². The minimum absolute atomic E-state index is 0. The van der Waals surface area contributed by atoms with Crippen LogP contribution in [0, 0.1) is 0 Å². The first-order valence-electron chi connectivity index (χ1n) is 9.39. The molecule has 3 nitrogen and oxygen atoms in total. The number of para-hydroxylation sites is 2. The van der Waals surface area contributed by atoms with E-state index < -0.39 is 0 Å². The summed E-state index contributed by atoms with van der Waals surface area (Å²) < 4.78 is 1.70.